The number of nitrogens with one attached hydrogen (secondary N) is 1. The van der Waals surface area contributed by atoms with Gasteiger partial charge >= 0.3 is 0 Å². The molecular weight excluding hydrogens is 617 g/mol. The largest absolute Gasteiger partial charge is 0.497 e. The minimum Gasteiger partial charge on any atom is -0.497 e. The average molecular weight is 650 g/mol. The second-order valence-corrected chi connectivity index (χ2v) is 11.7. The fourth-order valence-corrected chi connectivity index (χ4v) is 6.40. The third-order valence-electron chi connectivity index (χ3n) is 7.58. The zero-order valence-corrected chi connectivity index (χ0v) is 26.8. The molecule has 1 N–H and O–H groups in total. The van der Waals surface area contributed by atoms with Gasteiger partial charge < -0.3 is 19.5 Å². The third-order valence-corrected chi connectivity index (χ3v) is 8.56. The molecule has 1 aliphatic heterocycles. The normalized spacial score (nSPS) is 14.3. The molecule has 0 radical (unpaired) electrons. The quantitative estimate of drug-likeness (QED) is 0.201. The van der Waals surface area contributed by atoms with E-state index in [1.165, 1.54) is 23.5 Å². The molecule has 0 fully saturated rings. The van der Waals surface area contributed by atoms with Gasteiger partial charge in [-0.3, -0.25) is 14.2 Å². The highest BCUT2D eigenvalue weighted by molar-refractivity contribution is 7.07. The van der Waals surface area contributed by atoms with Gasteiger partial charge in [0, 0.05) is 5.69 Å². The Morgan fingerprint density at radius 2 is 1.77 bits per heavy atom. The Morgan fingerprint density at radius 3 is 2.51 bits per heavy atom. The summed E-state index contributed by atoms with van der Waals surface area (Å²) in [6.07, 6.45) is 1.78. The lowest BCUT2D eigenvalue weighted by Crippen LogP contribution is -2.40. The highest BCUT2D eigenvalue weighted by Crippen LogP contribution is 2.33. The summed E-state index contributed by atoms with van der Waals surface area (Å²) in [5.41, 5.74) is 3.48. The molecule has 0 unspecified atom stereocenters. The summed E-state index contributed by atoms with van der Waals surface area (Å²) >= 11 is 1.25. The van der Waals surface area contributed by atoms with Crippen LogP contribution >= 0.6 is 11.3 Å². The Labute approximate surface area is 274 Å². The number of ether oxygens (including phenoxy) is 3. The van der Waals surface area contributed by atoms with Crippen LogP contribution in [-0.2, 0) is 11.4 Å². The predicted molar refractivity (Wildman–Crippen MR) is 180 cm³/mol. The smallest absolute Gasteiger partial charge is 0.271 e. The molecule has 0 bridgehead atoms. The molecule has 0 saturated carbocycles. The molecule has 0 aliphatic carbocycles. The van der Waals surface area contributed by atoms with Gasteiger partial charge in [-0.1, -0.05) is 59.9 Å². The van der Waals surface area contributed by atoms with E-state index in [2.05, 4.69) is 5.32 Å². The van der Waals surface area contributed by atoms with E-state index in [1.807, 2.05) is 61.5 Å². The summed E-state index contributed by atoms with van der Waals surface area (Å²) in [6, 6.07) is 27.3. The number of thiazole rings is 1. The molecule has 1 aromatic heterocycles. The first-order valence-corrected chi connectivity index (χ1v) is 15.8. The van der Waals surface area contributed by atoms with Crippen LogP contribution in [0.5, 0.6) is 17.2 Å². The zero-order chi connectivity index (χ0) is 32.9. The molecule has 238 valence electrons. The number of amides is 1. The van der Waals surface area contributed by atoms with Gasteiger partial charge in [-0.25, -0.2) is 9.38 Å². The Hall–Kier alpha value is -5.48. The fourth-order valence-electron chi connectivity index (χ4n) is 5.35. The number of methoxy groups -OCH3 is 1. The molecule has 10 heteroatoms. The maximum Gasteiger partial charge on any atom is 0.271 e. The van der Waals surface area contributed by atoms with Crippen molar-refractivity contribution in [2.24, 2.45) is 4.99 Å². The van der Waals surface area contributed by atoms with Crippen LogP contribution in [0.4, 0.5) is 10.1 Å². The number of para-hydroxylation sites is 1. The number of carbonyl (C=O) groups is 1. The van der Waals surface area contributed by atoms with Crippen molar-refractivity contribution in [3.05, 3.63) is 151 Å². The van der Waals surface area contributed by atoms with E-state index in [0.29, 0.717) is 55.7 Å². The lowest BCUT2D eigenvalue weighted by atomic mass is 9.95. The van der Waals surface area contributed by atoms with Crippen molar-refractivity contribution in [2.75, 3.05) is 19.0 Å². The number of hydrogen-bond acceptors (Lipinski definition) is 7. The maximum absolute atomic E-state index is 14.2. The number of halogens is 1. The number of rotatable bonds is 10. The first kappa shape index (κ1) is 31.5. The highest BCUT2D eigenvalue weighted by atomic mass is 32.1. The van der Waals surface area contributed by atoms with Crippen LogP contribution in [-0.4, -0.2) is 24.2 Å². The molecule has 0 spiro atoms. The molecule has 0 saturated heterocycles. The molecule has 1 atom stereocenters. The topological polar surface area (TPSA) is 91.2 Å². The second kappa shape index (κ2) is 13.9. The molecule has 47 heavy (non-hydrogen) atoms. The van der Waals surface area contributed by atoms with Crippen LogP contribution in [0, 0.1) is 5.82 Å². The van der Waals surface area contributed by atoms with Crippen LogP contribution in [0.1, 0.15) is 36.6 Å². The molecule has 2 heterocycles. The van der Waals surface area contributed by atoms with E-state index < -0.39 is 6.04 Å². The highest BCUT2D eigenvalue weighted by Gasteiger charge is 2.32. The Bertz CT molecular complexity index is 2140. The molecule has 1 aliphatic rings. The number of allylic oxidation sites excluding steroid dienone is 1. The Morgan fingerprint density at radius 1 is 0.979 bits per heavy atom. The van der Waals surface area contributed by atoms with Gasteiger partial charge in [0.25, 0.3) is 11.5 Å². The van der Waals surface area contributed by atoms with Crippen molar-refractivity contribution in [3.63, 3.8) is 0 Å². The minimum absolute atomic E-state index is 0.238. The van der Waals surface area contributed by atoms with E-state index in [-0.39, 0.29) is 23.9 Å². The minimum atomic E-state index is -0.742. The monoisotopic (exact) mass is 649 g/mol. The summed E-state index contributed by atoms with van der Waals surface area (Å²) < 4.78 is 32.7. The number of carbonyl (C=O) groups excluding carboxylic acids is 1. The zero-order valence-electron chi connectivity index (χ0n) is 26.0. The first-order chi connectivity index (χ1) is 22.8. The second-order valence-electron chi connectivity index (χ2n) is 10.7. The van der Waals surface area contributed by atoms with Crippen molar-refractivity contribution in [1.29, 1.82) is 0 Å². The van der Waals surface area contributed by atoms with E-state index in [0.717, 1.165) is 11.1 Å². The molecular formula is C37H32FN3O5S. The van der Waals surface area contributed by atoms with Crippen molar-refractivity contribution in [3.8, 4) is 17.2 Å². The lowest BCUT2D eigenvalue weighted by molar-refractivity contribution is -0.113. The van der Waals surface area contributed by atoms with E-state index in [9.17, 15) is 14.0 Å². The number of benzene rings is 4. The van der Waals surface area contributed by atoms with Crippen molar-refractivity contribution in [2.45, 2.75) is 26.5 Å². The summed E-state index contributed by atoms with van der Waals surface area (Å²) in [5, 5.41) is 2.96. The maximum atomic E-state index is 14.2. The molecule has 6 rings (SSSR count). The van der Waals surface area contributed by atoms with Gasteiger partial charge in [0.15, 0.2) is 16.3 Å². The Kier molecular flexibility index (Phi) is 9.30. The van der Waals surface area contributed by atoms with Crippen LogP contribution in [0.25, 0.3) is 6.08 Å². The molecule has 4 aromatic carbocycles. The van der Waals surface area contributed by atoms with Gasteiger partial charge in [-0.15, -0.1) is 0 Å². The predicted octanol–water partition coefficient (Wildman–Crippen LogP) is 6.00. The summed E-state index contributed by atoms with van der Waals surface area (Å²) in [4.78, 5) is 33.2. The van der Waals surface area contributed by atoms with Gasteiger partial charge in [0.05, 0.1) is 35.6 Å². The molecule has 1 amide bonds. The van der Waals surface area contributed by atoms with Crippen molar-refractivity contribution >= 4 is 29.0 Å². The van der Waals surface area contributed by atoms with Crippen LogP contribution in [0.2, 0.25) is 0 Å². The summed E-state index contributed by atoms with van der Waals surface area (Å²) in [5.74, 6) is 0.984. The molecule has 5 aromatic rings. The SMILES string of the molecule is CCOc1cc(/C=c2\sc3n(c2=O)[C@@H](c2cccc(OC)c2)C(C(=O)Nc2ccccc2)=C(C)N=3)ccc1OCc1ccc(F)cc1. The third kappa shape index (κ3) is 6.87. The number of anilines is 1. The van der Waals surface area contributed by atoms with Crippen LogP contribution in [0.15, 0.2) is 118 Å². The van der Waals surface area contributed by atoms with E-state index >= 15 is 0 Å². The van der Waals surface area contributed by atoms with Gasteiger partial charge in [-0.05, 0) is 85.1 Å². The number of fused-ring (bicyclic) bond motifs is 1. The van der Waals surface area contributed by atoms with Crippen molar-refractivity contribution < 1.29 is 23.4 Å². The van der Waals surface area contributed by atoms with E-state index in [1.54, 1.807) is 55.0 Å². The average Bonchev–Trinajstić information content (AvgIpc) is 3.38. The summed E-state index contributed by atoms with van der Waals surface area (Å²) in [6.45, 7) is 4.30. The van der Waals surface area contributed by atoms with Crippen LogP contribution < -0.4 is 34.4 Å². The van der Waals surface area contributed by atoms with Gasteiger partial charge in [0.2, 0.25) is 0 Å². The summed E-state index contributed by atoms with van der Waals surface area (Å²) in [7, 11) is 1.57. The van der Waals surface area contributed by atoms with Gasteiger partial charge in [-0.2, -0.15) is 0 Å². The first-order valence-electron chi connectivity index (χ1n) is 15.0. The Balaban J connectivity index is 1.39. The number of nitrogens with zero attached hydrogens (tertiary/aromatic N) is 2. The molecule has 8 nitrogen and oxygen atoms in total. The number of hydrogen-bond donors (Lipinski definition) is 1. The van der Waals surface area contributed by atoms with Crippen LogP contribution in [0.3, 0.4) is 0 Å². The van der Waals surface area contributed by atoms with Gasteiger partial charge in [0.1, 0.15) is 18.2 Å². The van der Waals surface area contributed by atoms with E-state index in [4.69, 9.17) is 19.2 Å². The fraction of sp³-hybridized carbons (Fsp3) is 0.162. The lowest BCUT2D eigenvalue weighted by Gasteiger charge is -2.25. The standard InChI is InChI=1S/C37H32FN3O5S/c1-4-45-31-19-25(15-18-30(31)46-22-24-13-16-27(38)17-14-24)20-32-36(43)41-34(26-9-8-12-29(21-26)44-3)33(23(2)39-37(41)47-32)35(42)40-28-10-6-5-7-11-28/h5-21,34H,4,22H2,1-3H3,(H,40,42)/b32-20-/t34-/m0/s1. The number of aromatic nitrogens is 1. The van der Waals surface area contributed by atoms with Crippen molar-refractivity contribution in [1.82, 2.24) is 4.57 Å².